The first-order chi connectivity index (χ1) is 20.6. The fraction of sp³-hybridized carbons (Fsp3) is 0.0513. The number of nitrogens with zero attached hydrogens (tertiary/aromatic N) is 1. The van der Waals surface area contributed by atoms with Crippen LogP contribution in [0.5, 0.6) is 0 Å². The number of aryl methyl sites for hydroxylation is 1. The highest BCUT2D eigenvalue weighted by Crippen LogP contribution is 2.35. The Bertz CT molecular complexity index is 1740. The first-order valence-corrected chi connectivity index (χ1v) is 14.2. The van der Waals surface area contributed by atoms with Crippen molar-refractivity contribution in [3.8, 4) is 0 Å². The molecule has 0 atom stereocenters. The Labute approximate surface area is 247 Å². The van der Waals surface area contributed by atoms with Crippen LogP contribution >= 0.6 is 0 Å². The summed E-state index contributed by atoms with van der Waals surface area (Å²) in [5.74, 6) is 0.0517. The van der Waals surface area contributed by atoms with E-state index in [9.17, 15) is 4.79 Å². The smallest absolute Gasteiger partial charge is 0.193 e. The summed E-state index contributed by atoms with van der Waals surface area (Å²) >= 11 is 0. The van der Waals surface area contributed by atoms with Gasteiger partial charge in [0.25, 0.3) is 0 Å². The number of hydrogen-bond donors (Lipinski definition) is 1. The molecule has 0 radical (unpaired) electrons. The maximum absolute atomic E-state index is 12.9. The van der Waals surface area contributed by atoms with Gasteiger partial charge in [-0.1, -0.05) is 103 Å². The Kier molecular flexibility index (Phi) is 7.91. The highest BCUT2D eigenvalue weighted by molar-refractivity contribution is 6.09. The van der Waals surface area contributed by atoms with E-state index >= 15 is 0 Å². The van der Waals surface area contributed by atoms with Crippen LogP contribution in [-0.2, 0) is 6.42 Å². The van der Waals surface area contributed by atoms with Crippen LogP contribution in [0.25, 0.3) is 0 Å². The molecule has 0 fully saturated rings. The molecule has 0 saturated heterocycles. The molecule has 0 aliphatic carbocycles. The Morgan fingerprint density at radius 3 is 1.50 bits per heavy atom. The monoisotopic (exact) mass is 544 g/mol. The summed E-state index contributed by atoms with van der Waals surface area (Å²) in [6, 6.07) is 53.5. The zero-order chi connectivity index (χ0) is 28.7. The van der Waals surface area contributed by atoms with Crippen molar-refractivity contribution in [2.75, 3.05) is 10.2 Å². The second-order valence-electron chi connectivity index (χ2n) is 10.4. The molecule has 0 aliphatic rings. The predicted molar refractivity (Wildman–Crippen MR) is 175 cm³/mol. The van der Waals surface area contributed by atoms with Crippen molar-refractivity contribution in [3.05, 3.63) is 186 Å². The zero-order valence-electron chi connectivity index (χ0n) is 23.6. The number of para-hydroxylation sites is 2. The van der Waals surface area contributed by atoms with Crippen LogP contribution < -0.4 is 10.2 Å². The summed E-state index contributed by atoms with van der Waals surface area (Å²) in [6.07, 6.45) is 0.796. The van der Waals surface area contributed by atoms with E-state index in [0.29, 0.717) is 11.1 Å². The second kappa shape index (κ2) is 12.4. The summed E-state index contributed by atoms with van der Waals surface area (Å²) in [5, 5.41) is 3.46. The van der Waals surface area contributed by atoms with Crippen molar-refractivity contribution in [1.29, 1.82) is 0 Å². The minimum Gasteiger partial charge on any atom is -0.356 e. The minimum atomic E-state index is 0.0517. The van der Waals surface area contributed by atoms with Crippen LogP contribution in [0.2, 0.25) is 0 Å². The van der Waals surface area contributed by atoms with E-state index in [1.54, 1.807) is 0 Å². The fourth-order valence-corrected chi connectivity index (χ4v) is 5.05. The third kappa shape index (κ3) is 6.32. The SMILES string of the molecule is Cc1ccc(C(=O)c2ccc(Cc3ccc(N(c4ccccc4)c4ccc(Nc5ccccc5)cc4)cc3)cc2)cc1. The number of ketones is 1. The van der Waals surface area contributed by atoms with Crippen LogP contribution in [-0.4, -0.2) is 5.78 Å². The predicted octanol–water partition coefficient (Wildman–Crippen LogP) is 10.0. The number of hydrogen-bond acceptors (Lipinski definition) is 3. The van der Waals surface area contributed by atoms with Gasteiger partial charge in [-0.25, -0.2) is 0 Å². The van der Waals surface area contributed by atoms with E-state index in [4.69, 9.17) is 0 Å². The lowest BCUT2D eigenvalue weighted by Gasteiger charge is -2.26. The van der Waals surface area contributed by atoms with Crippen molar-refractivity contribution in [2.24, 2.45) is 0 Å². The lowest BCUT2D eigenvalue weighted by atomic mass is 9.99. The van der Waals surface area contributed by atoms with Crippen molar-refractivity contribution >= 4 is 34.2 Å². The number of benzene rings is 6. The van der Waals surface area contributed by atoms with Gasteiger partial charge in [-0.2, -0.15) is 0 Å². The first-order valence-electron chi connectivity index (χ1n) is 14.2. The fourth-order valence-electron chi connectivity index (χ4n) is 5.05. The second-order valence-corrected chi connectivity index (χ2v) is 10.4. The number of nitrogens with one attached hydrogen (secondary N) is 1. The third-order valence-electron chi connectivity index (χ3n) is 7.34. The molecule has 0 amide bonds. The van der Waals surface area contributed by atoms with Crippen molar-refractivity contribution < 1.29 is 4.79 Å². The molecule has 0 heterocycles. The standard InChI is InChI=1S/C39H32N2O/c1-29-12-18-32(19-13-29)39(42)33-20-14-30(15-21-33)28-31-16-24-37(25-17-31)41(36-10-6-3-7-11-36)38-26-22-35(23-27-38)40-34-8-4-2-5-9-34/h2-27,40H,28H2,1H3. The van der Waals surface area contributed by atoms with Gasteiger partial charge in [0.2, 0.25) is 0 Å². The average molecular weight is 545 g/mol. The minimum absolute atomic E-state index is 0.0517. The molecule has 3 heteroatoms. The molecular weight excluding hydrogens is 512 g/mol. The maximum Gasteiger partial charge on any atom is 0.193 e. The zero-order valence-corrected chi connectivity index (χ0v) is 23.6. The summed E-state index contributed by atoms with van der Waals surface area (Å²) in [7, 11) is 0. The molecule has 0 aromatic heterocycles. The number of carbonyl (C=O) groups excluding carboxylic acids is 1. The topological polar surface area (TPSA) is 32.3 Å². The van der Waals surface area contributed by atoms with Gasteiger partial charge < -0.3 is 10.2 Å². The molecule has 3 nitrogen and oxygen atoms in total. The van der Waals surface area contributed by atoms with Gasteiger partial charge in [0.15, 0.2) is 5.78 Å². The van der Waals surface area contributed by atoms with Crippen LogP contribution in [0.15, 0.2) is 158 Å². The molecule has 1 N–H and O–H groups in total. The molecule has 0 aliphatic heterocycles. The first kappa shape index (κ1) is 26.8. The van der Waals surface area contributed by atoms with E-state index in [1.807, 2.05) is 67.6 Å². The van der Waals surface area contributed by atoms with E-state index in [0.717, 1.165) is 40.4 Å². The van der Waals surface area contributed by atoms with Crippen LogP contribution in [0.1, 0.15) is 32.6 Å². The van der Waals surface area contributed by atoms with Gasteiger partial charge in [-0.15, -0.1) is 0 Å². The molecule has 42 heavy (non-hydrogen) atoms. The van der Waals surface area contributed by atoms with E-state index in [-0.39, 0.29) is 5.78 Å². The molecular formula is C39H32N2O. The number of anilines is 5. The van der Waals surface area contributed by atoms with Crippen molar-refractivity contribution in [1.82, 2.24) is 0 Å². The quantitative estimate of drug-likeness (QED) is 0.184. The summed E-state index contributed by atoms with van der Waals surface area (Å²) in [5.41, 5.74) is 10.3. The highest BCUT2D eigenvalue weighted by atomic mass is 16.1. The van der Waals surface area contributed by atoms with Crippen LogP contribution in [0, 0.1) is 6.92 Å². The Hall–Kier alpha value is -5.41. The molecule has 204 valence electrons. The lowest BCUT2D eigenvalue weighted by molar-refractivity contribution is 0.103. The van der Waals surface area contributed by atoms with Gasteiger partial charge in [-0.05, 0) is 85.1 Å². The number of rotatable bonds is 9. The van der Waals surface area contributed by atoms with Gasteiger partial charge in [0.05, 0.1) is 0 Å². The summed E-state index contributed by atoms with van der Waals surface area (Å²) in [4.78, 5) is 15.1. The Balaban J connectivity index is 1.19. The lowest BCUT2D eigenvalue weighted by Crippen LogP contribution is -2.10. The van der Waals surface area contributed by atoms with Crippen molar-refractivity contribution in [2.45, 2.75) is 13.3 Å². The van der Waals surface area contributed by atoms with E-state index in [2.05, 4.69) is 107 Å². The van der Waals surface area contributed by atoms with Crippen molar-refractivity contribution in [3.63, 3.8) is 0 Å². The van der Waals surface area contributed by atoms with Gasteiger partial charge in [0, 0.05) is 39.6 Å². The molecule has 6 aromatic rings. The Morgan fingerprint density at radius 2 is 0.929 bits per heavy atom. The van der Waals surface area contributed by atoms with Gasteiger partial charge in [0.1, 0.15) is 0 Å². The largest absolute Gasteiger partial charge is 0.356 e. The average Bonchev–Trinajstić information content (AvgIpc) is 3.04. The maximum atomic E-state index is 12.9. The van der Waals surface area contributed by atoms with Gasteiger partial charge in [-0.3, -0.25) is 4.79 Å². The molecule has 0 saturated carbocycles. The van der Waals surface area contributed by atoms with E-state index in [1.165, 1.54) is 11.1 Å². The molecule has 0 bridgehead atoms. The molecule has 0 spiro atoms. The molecule has 0 unspecified atom stereocenters. The third-order valence-corrected chi connectivity index (χ3v) is 7.34. The highest BCUT2D eigenvalue weighted by Gasteiger charge is 2.13. The number of carbonyl (C=O) groups is 1. The van der Waals surface area contributed by atoms with Crippen LogP contribution in [0.4, 0.5) is 28.4 Å². The van der Waals surface area contributed by atoms with Crippen LogP contribution in [0.3, 0.4) is 0 Å². The molecule has 6 rings (SSSR count). The van der Waals surface area contributed by atoms with E-state index < -0.39 is 0 Å². The normalized spacial score (nSPS) is 10.7. The summed E-state index contributed by atoms with van der Waals surface area (Å²) < 4.78 is 0. The van der Waals surface area contributed by atoms with Gasteiger partial charge >= 0.3 is 0 Å². The Morgan fingerprint density at radius 1 is 0.500 bits per heavy atom. The summed E-state index contributed by atoms with van der Waals surface area (Å²) in [6.45, 7) is 2.02. The molecule has 6 aromatic carbocycles.